The zero-order valence-electron chi connectivity index (χ0n) is 13.2. The summed E-state index contributed by atoms with van der Waals surface area (Å²) in [6, 6.07) is 5.93. The van der Waals surface area contributed by atoms with Crippen molar-refractivity contribution in [1.29, 1.82) is 0 Å². The van der Waals surface area contributed by atoms with Crippen LogP contribution in [0.2, 0.25) is 0 Å². The Hall–Kier alpha value is -2.35. The number of thiophene rings is 1. The molecule has 2 aromatic rings. The van der Waals surface area contributed by atoms with Gasteiger partial charge < -0.3 is 10.6 Å². The van der Waals surface area contributed by atoms with Crippen LogP contribution in [-0.2, 0) is 17.4 Å². The zero-order chi connectivity index (χ0) is 18.3. The fraction of sp³-hybridized carbons (Fsp3) is 0.294. The Kier molecular flexibility index (Phi) is 6.58. The molecule has 2 rings (SSSR count). The van der Waals surface area contributed by atoms with Crippen LogP contribution in [0.5, 0.6) is 0 Å². The highest BCUT2D eigenvalue weighted by Gasteiger charge is 2.30. The fourth-order valence-electron chi connectivity index (χ4n) is 2.07. The molecule has 0 bridgehead atoms. The van der Waals surface area contributed by atoms with Gasteiger partial charge in [-0.05, 0) is 53.1 Å². The van der Waals surface area contributed by atoms with Crippen LogP contribution >= 0.6 is 11.3 Å². The lowest BCUT2D eigenvalue weighted by molar-refractivity contribution is -0.137. The van der Waals surface area contributed by atoms with Crippen molar-refractivity contribution in [2.75, 3.05) is 13.1 Å². The van der Waals surface area contributed by atoms with Gasteiger partial charge in [0.1, 0.15) is 0 Å². The topological polar surface area (TPSA) is 58.2 Å². The number of carbonyl (C=O) groups excluding carboxylic acids is 2. The number of halogens is 3. The van der Waals surface area contributed by atoms with Gasteiger partial charge in [0.05, 0.1) is 5.56 Å². The van der Waals surface area contributed by atoms with Gasteiger partial charge in [0.25, 0.3) is 5.91 Å². The molecule has 1 aromatic carbocycles. The number of alkyl halides is 3. The lowest BCUT2D eigenvalue weighted by Crippen LogP contribution is -2.34. The summed E-state index contributed by atoms with van der Waals surface area (Å²) in [5.41, 5.74) is 0.439. The molecule has 0 aliphatic carbocycles. The second-order valence-electron chi connectivity index (χ2n) is 5.31. The highest BCUT2D eigenvalue weighted by Crippen LogP contribution is 2.29. The van der Waals surface area contributed by atoms with E-state index < -0.39 is 17.6 Å². The van der Waals surface area contributed by atoms with E-state index in [1.165, 1.54) is 0 Å². The van der Waals surface area contributed by atoms with Gasteiger partial charge in [-0.25, -0.2) is 0 Å². The average molecular weight is 370 g/mol. The van der Waals surface area contributed by atoms with Crippen LogP contribution in [0.15, 0.2) is 41.1 Å². The molecule has 0 saturated heterocycles. The Balaban J connectivity index is 1.67. The molecule has 134 valence electrons. The van der Waals surface area contributed by atoms with Crippen LogP contribution in [0.25, 0.3) is 0 Å². The molecule has 2 N–H and O–H groups in total. The van der Waals surface area contributed by atoms with Crippen LogP contribution in [0.1, 0.15) is 27.9 Å². The summed E-state index contributed by atoms with van der Waals surface area (Å²) in [5.74, 6) is -0.601. The number of hydrogen-bond acceptors (Lipinski definition) is 3. The Morgan fingerprint density at radius 1 is 1.00 bits per heavy atom. The van der Waals surface area contributed by atoms with Crippen molar-refractivity contribution in [3.05, 3.63) is 57.8 Å². The van der Waals surface area contributed by atoms with Gasteiger partial charge in [-0.15, -0.1) is 0 Å². The van der Waals surface area contributed by atoms with E-state index >= 15 is 0 Å². The molecule has 1 aromatic heterocycles. The maximum Gasteiger partial charge on any atom is 0.416 e. The van der Waals surface area contributed by atoms with Crippen molar-refractivity contribution in [2.24, 2.45) is 0 Å². The largest absolute Gasteiger partial charge is 0.416 e. The number of aryl methyl sites for hydroxylation is 1. The van der Waals surface area contributed by atoms with E-state index in [1.54, 1.807) is 11.3 Å². The third-order valence-electron chi connectivity index (χ3n) is 3.43. The minimum absolute atomic E-state index is 0.116. The van der Waals surface area contributed by atoms with E-state index in [1.807, 2.05) is 16.8 Å². The van der Waals surface area contributed by atoms with Crippen molar-refractivity contribution in [2.45, 2.75) is 19.0 Å². The first-order chi connectivity index (χ1) is 11.9. The summed E-state index contributed by atoms with van der Waals surface area (Å²) in [6.07, 6.45) is -3.40. The zero-order valence-corrected chi connectivity index (χ0v) is 14.0. The SMILES string of the molecule is O=C(CCc1ccsc1)NCCNC(=O)c1ccc(C(F)(F)F)cc1. The summed E-state index contributed by atoms with van der Waals surface area (Å²) in [7, 11) is 0. The molecular weight excluding hydrogens is 353 g/mol. The minimum Gasteiger partial charge on any atom is -0.354 e. The molecule has 4 nitrogen and oxygen atoms in total. The van der Waals surface area contributed by atoms with E-state index in [9.17, 15) is 22.8 Å². The van der Waals surface area contributed by atoms with Crippen molar-refractivity contribution >= 4 is 23.2 Å². The molecule has 8 heteroatoms. The number of carbonyl (C=O) groups is 2. The van der Waals surface area contributed by atoms with E-state index in [0.29, 0.717) is 12.8 Å². The molecule has 0 unspecified atom stereocenters. The summed E-state index contributed by atoms with van der Waals surface area (Å²) in [5, 5.41) is 9.16. The second kappa shape index (κ2) is 8.66. The van der Waals surface area contributed by atoms with E-state index in [0.717, 1.165) is 29.8 Å². The Morgan fingerprint density at radius 2 is 1.68 bits per heavy atom. The third-order valence-corrected chi connectivity index (χ3v) is 4.16. The first-order valence-corrected chi connectivity index (χ1v) is 8.54. The maximum absolute atomic E-state index is 12.5. The Morgan fingerprint density at radius 3 is 2.28 bits per heavy atom. The van der Waals surface area contributed by atoms with Crippen molar-refractivity contribution in [3.8, 4) is 0 Å². The lowest BCUT2D eigenvalue weighted by atomic mass is 10.1. The number of rotatable bonds is 7. The van der Waals surface area contributed by atoms with Gasteiger partial charge >= 0.3 is 6.18 Å². The van der Waals surface area contributed by atoms with Crippen molar-refractivity contribution in [3.63, 3.8) is 0 Å². The van der Waals surface area contributed by atoms with Crippen molar-refractivity contribution < 1.29 is 22.8 Å². The van der Waals surface area contributed by atoms with E-state index in [-0.39, 0.29) is 24.6 Å². The summed E-state index contributed by atoms with van der Waals surface area (Å²) < 4.78 is 37.4. The molecule has 2 amide bonds. The van der Waals surface area contributed by atoms with E-state index in [4.69, 9.17) is 0 Å². The number of amides is 2. The average Bonchev–Trinajstić information content (AvgIpc) is 3.09. The molecule has 0 spiro atoms. The monoisotopic (exact) mass is 370 g/mol. The van der Waals surface area contributed by atoms with E-state index in [2.05, 4.69) is 10.6 Å². The molecule has 25 heavy (non-hydrogen) atoms. The van der Waals surface area contributed by atoms with Gasteiger partial charge in [0.2, 0.25) is 5.91 Å². The third kappa shape index (κ3) is 6.22. The van der Waals surface area contributed by atoms with Gasteiger partial charge in [-0.3, -0.25) is 9.59 Å². The minimum atomic E-state index is -4.43. The maximum atomic E-state index is 12.5. The van der Waals surface area contributed by atoms with Gasteiger partial charge in [0, 0.05) is 25.1 Å². The fourth-order valence-corrected chi connectivity index (χ4v) is 2.77. The lowest BCUT2D eigenvalue weighted by Gasteiger charge is -2.09. The molecule has 0 fully saturated rings. The molecule has 0 atom stereocenters. The predicted molar refractivity (Wildman–Crippen MR) is 89.4 cm³/mol. The molecule has 0 saturated carbocycles. The number of benzene rings is 1. The quantitative estimate of drug-likeness (QED) is 0.735. The summed E-state index contributed by atoms with van der Waals surface area (Å²) in [4.78, 5) is 23.5. The first-order valence-electron chi connectivity index (χ1n) is 7.59. The number of nitrogens with one attached hydrogen (secondary N) is 2. The van der Waals surface area contributed by atoms with Crippen LogP contribution in [0, 0.1) is 0 Å². The smallest absolute Gasteiger partial charge is 0.354 e. The molecular formula is C17H17F3N2O2S. The first kappa shape index (κ1) is 19.0. The second-order valence-corrected chi connectivity index (χ2v) is 6.09. The molecule has 1 heterocycles. The van der Waals surface area contributed by atoms with Gasteiger partial charge in [-0.2, -0.15) is 24.5 Å². The van der Waals surface area contributed by atoms with Gasteiger partial charge in [-0.1, -0.05) is 0 Å². The number of hydrogen-bond donors (Lipinski definition) is 2. The van der Waals surface area contributed by atoms with Crippen LogP contribution < -0.4 is 10.6 Å². The highest BCUT2D eigenvalue weighted by atomic mass is 32.1. The highest BCUT2D eigenvalue weighted by molar-refractivity contribution is 7.07. The van der Waals surface area contributed by atoms with Crippen LogP contribution in [0.4, 0.5) is 13.2 Å². The standard InChI is InChI=1S/C17H17F3N2O2S/c18-17(19,20)14-4-2-13(3-5-14)16(24)22-9-8-21-15(23)6-1-12-7-10-25-11-12/h2-5,7,10-11H,1,6,8-9H2,(H,21,23)(H,22,24). The Bertz CT molecular complexity index is 698. The summed E-state index contributed by atoms with van der Waals surface area (Å²) >= 11 is 1.57. The summed E-state index contributed by atoms with van der Waals surface area (Å²) in [6.45, 7) is 0.457. The van der Waals surface area contributed by atoms with Gasteiger partial charge in [0.15, 0.2) is 0 Å². The van der Waals surface area contributed by atoms with Crippen molar-refractivity contribution in [1.82, 2.24) is 10.6 Å². The molecule has 0 aliphatic heterocycles. The van der Waals surface area contributed by atoms with Crippen LogP contribution in [-0.4, -0.2) is 24.9 Å². The normalized spacial score (nSPS) is 11.2. The predicted octanol–water partition coefficient (Wildman–Crippen LogP) is 3.25. The van der Waals surface area contributed by atoms with Crippen LogP contribution in [0.3, 0.4) is 0 Å². The molecule has 0 aliphatic rings. The Labute approximate surface area is 147 Å². The molecule has 0 radical (unpaired) electrons.